The van der Waals surface area contributed by atoms with Gasteiger partial charge in [0.25, 0.3) is 5.91 Å². The number of anilines is 2. The predicted molar refractivity (Wildman–Crippen MR) is 83.0 cm³/mol. The molecule has 5 nitrogen and oxygen atoms in total. The third-order valence-electron chi connectivity index (χ3n) is 2.73. The van der Waals surface area contributed by atoms with E-state index in [1.54, 1.807) is 6.92 Å². The summed E-state index contributed by atoms with van der Waals surface area (Å²) in [5.41, 5.74) is 8.23. The number of nitrogens with one attached hydrogen (secondary N) is 1. The summed E-state index contributed by atoms with van der Waals surface area (Å²) in [5, 5.41) is 3.27. The zero-order valence-corrected chi connectivity index (χ0v) is 12.6. The normalized spacial score (nSPS) is 10.8. The van der Waals surface area contributed by atoms with E-state index < -0.39 is 0 Å². The number of nitrogens with two attached hydrogens (primary N) is 1. The first-order valence-corrected chi connectivity index (χ1v) is 7.05. The number of nitrogens with zero attached hydrogens (tertiary/aromatic N) is 2. The quantitative estimate of drug-likeness (QED) is 0.906. The number of rotatable bonds is 4. The first-order chi connectivity index (χ1) is 9.45. The molecular formula is C14H18N4OS. The zero-order valence-electron chi connectivity index (χ0n) is 11.8. The molecule has 0 saturated carbocycles. The lowest BCUT2D eigenvalue weighted by molar-refractivity contribution is 0.103. The van der Waals surface area contributed by atoms with Gasteiger partial charge in [0, 0.05) is 12.2 Å². The van der Waals surface area contributed by atoms with Gasteiger partial charge in [-0.15, -0.1) is 0 Å². The van der Waals surface area contributed by atoms with E-state index in [4.69, 9.17) is 5.73 Å². The van der Waals surface area contributed by atoms with Crippen LogP contribution in [0, 0.1) is 6.92 Å². The Morgan fingerprint density at radius 1 is 1.35 bits per heavy atom. The van der Waals surface area contributed by atoms with Crippen molar-refractivity contribution in [2.45, 2.75) is 13.5 Å². The summed E-state index contributed by atoms with van der Waals surface area (Å²) in [7, 11) is 4.04. The lowest BCUT2D eigenvalue weighted by Gasteiger charge is -2.10. The number of nitrogen functional groups attached to an aromatic ring is 1. The van der Waals surface area contributed by atoms with Gasteiger partial charge >= 0.3 is 0 Å². The number of hydrogen-bond acceptors (Lipinski definition) is 5. The van der Waals surface area contributed by atoms with Gasteiger partial charge in [-0.2, -0.15) is 0 Å². The maximum absolute atomic E-state index is 12.1. The highest BCUT2D eigenvalue weighted by Crippen LogP contribution is 2.21. The fourth-order valence-electron chi connectivity index (χ4n) is 1.87. The Balaban J connectivity index is 2.06. The third kappa shape index (κ3) is 3.55. The van der Waals surface area contributed by atoms with Crippen molar-refractivity contribution in [1.29, 1.82) is 0 Å². The number of amides is 1. The summed E-state index contributed by atoms with van der Waals surface area (Å²) in [6.07, 6.45) is 0. The first kappa shape index (κ1) is 14.5. The van der Waals surface area contributed by atoms with Gasteiger partial charge in [-0.1, -0.05) is 23.5 Å². The van der Waals surface area contributed by atoms with Crippen molar-refractivity contribution < 1.29 is 4.79 Å². The molecule has 0 fully saturated rings. The van der Waals surface area contributed by atoms with Crippen LogP contribution >= 0.6 is 11.3 Å². The second-order valence-corrected chi connectivity index (χ2v) is 5.89. The predicted octanol–water partition coefficient (Wildman–Crippen LogP) is 2.35. The van der Waals surface area contributed by atoms with Crippen molar-refractivity contribution in [3.05, 3.63) is 40.4 Å². The molecule has 2 aromatic rings. The van der Waals surface area contributed by atoms with Gasteiger partial charge in [-0.05, 0) is 38.7 Å². The molecule has 0 bridgehead atoms. The summed E-state index contributed by atoms with van der Waals surface area (Å²) in [5.74, 6) is -0.169. The van der Waals surface area contributed by atoms with Crippen LogP contribution in [0.15, 0.2) is 24.3 Å². The Kier molecular flexibility index (Phi) is 4.36. The number of aryl methyl sites for hydroxylation is 1. The minimum atomic E-state index is -0.169. The Labute approximate surface area is 122 Å². The number of thiazole rings is 1. The monoisotopic (exact) mass is 290 g/mol. The molecule has 0 saturated heterocycles. The van der Waals surface area contributed by atoms with Crippen LogP contribution in [0.1, 0.15) is 20.9 Å². The van der Waals surface area contributed by atoms with Crippen molar-refractivity contribution in [1.82, 2.24) is 9.88 Å². The average Bonchev–Trinajstić information content (AvgIpc) is 2.70. The van der Waals surface area contributed by atoms with Crippen LogP contribution in [0.25, 0.3) is 0 Å². The summed E-state index contributed by atoms with van der Waals surface area (Å²) >= 11 is 1.20. The van der Waals surface area contributed by atoms with Gasteiger partial charge in [0.15, 0.2) is 5.13 Å². The summed E-state index contributed by atoms with van der Waals surface area (Å²) in [4.78, 5) is 18.8. The number of benzene rings is 1. The first-order valence-electron chi connectivity index (χ1n) is 6.23. The Hall–Kier alpha value is -1.92. The van der Waals surface area contributed by atoms with E-state index in [0.717, 1.165) is 12.2 Å². The second-order valence-electron chi connectivity index (χ2n) is 4.86. The smallest absolute Gasteiger partial charge is 0.267 e. The molecule has 0 aliphatic carbocycles. The average molecular weight is 290 g/mol. The Morgan fingerprint density at radius 3 is 2.50 bits per heavy atom. The summed E-state index contributed by atoms with van der Waals surface area (Å²) in [6, 6.07) is 7.81. The van der Waals surface area contributed by atoms with Crippen molar-refractivity contribution in [2.24, 2.45) is 0 Å². The summed E-state index contributed by atoms with van der Waals surface area (Å²) < 4.78 is 0. The van der Waals surface area contributed by atoms with Crippen LogP contribution in [-0.4, -0.2) is 29.9 Å². The molecular weight excluding hydrogens is 272 g/mol. The summed E-state index contributed by atoms with van der Waals surface area (Å²) in [6.45, 7) is 2.65. The highest BCUT2D eigenvalue weighted by atomic mass is 32.1. The molecule has 3 N–H and O–H groups in total. The number of carbonyl (C=O) groups is 1. The molecule has 1 aromatic heterocycles. The van der Waals surface area contributed by atoms with Crippen LogP contribution in [0.5, 0.6) is 0 Å². The molecule has 1 amide bonds. The van der Waals surface area contributed by atoms with Crippen molar-refractivity contribution >= 4 is 28.1 Å². The van der Waals surface area contributed by atoms with Crippen LogP contribution in [-0.2, 0) is 6.54 Å². The highest BCUT2D eigenvalue weighted by molar-refractivity contribution is 7.17. The van der Waals surface area contributed by atoms with Crippen LogP contribution in [0.3, 0.4) is 0 Å². The van der Waals surface area contributed by atoms with Crippen LogP contribution in [0.4, 0.5) is 10.8 Å². The number of aromatic nitrogens is 1. The van der Waals surface area contributed by atoms with Crippen molar-refractivity contribution in [2.75, 3.05) is 25.1 Å². The van der Waals surface area contributed by atoms with E-state index in [0.29, 0.717) is 15.7 Å². The molecule has 0 atom stereocenters. The van der Waals surface area contributed by atoms with E-state index in [1.807, 2.05) is 38.4 Å². The van der Waals surface area contributed by atoms with Crippen molar-refractivity contribution in [3.8, 4) is 0 Å². The van der Waals surface area contributed by atoms with E-state index in [1.165, 1.54) is 16.9 Å². The second kappa shape index (κ2) is 6.02. The SMILES string of the molecule is Cc1nc(N)sc1C(=O)Nc1ccc(CN(C)C)cc1. The fraction of sp³-hybridized carbons (Fsp3) is 0.286. The molecule has 6 heteroatoms. The fourth-order valence-corrected chi connectivity index (χ4v) is 2.60. The molecule has 0 aliphatic rings. The Bertz CT molecular complexity index is 604. The molecule has 0 radical (unpaired) electrons. The maximum atomic E-state index is 12.1. The largest absolute Gasteiger partial charge is 0.375 e. The molecule has 0 unspecified atom stereocenters. The minimum absolute atomic E-state index is 0.169. The molecule has 0 spiro atoms. The topological polar surface area (TPSA) is 71.2 Å². The molecule has 2 rings (SSSR count). The molecule has 20 heavy (non-hydrogen) atoms. The third-order valence-corrected chi connectivity index (χ3v) is 3.72. The van der Waals surface area contributed by atoms with Crippen molar-refractivity contribution in [3.63, 3.8) is 0 Å². The van der Waals surface area contributed by atoms with E-state index in [2.05, 4.69) is 15.2 Å². The van der Waals surface area contributed by atoms with Gasteiger partial charge in [0.05, 0.1) is 5.69 Å². The van der Waals surface area contributed by atoms with Gasteiger partial charge in [-0.3, -0.25) is 4.79 Å². The van der Waals surface area contributed by atoms with Crippen LogP contribution in [0.2, 0.25) is 0 Å². The standard InChI is InChI=1S/C14H18N4OS/c1-9-12(20-14(15)16-9)13(19)17-11-6-4-10(5-7-11)8-18(2)3/h4-7H,8H2,1-3H3,(H2,15,16)(H,17,19). The van der Waals surface area contributed by atoms with E-state index in [-0.39, 0.29) is 5.91 Å². The minimum Gasteiger partial charge on any atom is -0.375 e. The zero-order chi connectivity index (χ0) is 14.7. The maximum Gasteiger partial charge on any atom is 0.267 e. The molecule has 1 aromatic carbocycles. The lowest BCUT2D eigenvalue weighted by atomic mass is 10.2. The molecule has 106 valence electrons. The van der Waals surface area contributed by atoms with E-state index >= 15 is 0 Å². The Morgan fingerprint density at radius 2 is 2.00 bits per heavy atom. The molecule has 0 aliphatic heterocycles. The van der Waals surface area contributed by atoms with Crippen LogP contribution < -0.4 is 11.1 Å². The number of hydrogen-bond donors (Lipinski definition) is 2. The van der Waals surface area contributed by atoms with E-state index in [9.17, 15) is 4.79 Å². The number of carbonyl (C=O) groups excluding carboxylic acids is 1. The van der Waals surface area contributed by atoms with Gasteiger partial charge in [-0.25, -0.2) is 4.98 Å². The van der Waals surface area contributed by atoms with Gasteiger partial charge in [0.1, 0.15) is 4.88 Å². The lowest BCUT2D eigenvalue weighted by Crippen LogP contribution is -2.12. The molecule has 1 heterocycles. The highest BCUT2D eigenvalue weighted by Gasteiger charge is 2.14. The van der Waals surface area contributed by atoms with Gasteiger partial charge in [0.2, 0.25) is 0 Å². The van der Waals surface area contributed by atoms with Gasteiger partial charge < -0.3 is 16.0 Å².